The Morgan fingerprint density at radius 3 is 3.00 bits per heavy atom. The van der Waals surface area contributed by atoms with Crippen LogP contribution in [0.1, 0.15) is 18.7 Å². The van der Waals surface area contributed by atoms with Crippen LogP contribution in [0.15, 0.2) is 34.7 Å². The second-order valence-corrected chi connectivity index (χ2v) is 5.45. The summed E-state index contributed by atoms with van der Waals surface area (Å²) in [4.78, 5) is 2.46. The third kappa shape index (κ3) is 2.73. The highest BCUT2D eigenvalue weighted by molar-refractivity contribution is 5.77. The summed E-state index contributed by atoms with van der Waals surface area (Å²) < 4.78 is 11.5. The Labute approximate surface area is 119 Å². The molecule has 1 N–H and O–H groups in total. The second kappa shape index (κ2) is 5.95. The Kier molecular flexibility index (Phi) is 4.05. The molecule has 1 aromatic carbocycles. The van der Waals surface area contributed by atoms with Crippen molar-refractivity contribution in [3.8, 4) is 0 Å². The van der Waals surface area contributed by atoms with Gasteiger partial charge in [0.05, 0.1) is 19.3 Å². The lowest BCUT2D eigenvalue weighted by Crippen LogP contribution is -2.46. The van der Waals surface area contributed by atoms with E-state index in [0.717, 1.165) is 43.0 Å². The van der Waals surface area contributed by atoms with Crippen molar-refractivity contribution in [1.29, 1.82) is 0 Å². The zero-order valence-corrected chi connectivity index (χ0v) is 12.1. The summed E-state index contributed by atoms with van der Waals surface area (Å²) in [6.45, 7) is 5.78. The average molecular weight is 274 g/mol. The van der Waals surface area contributed by atoms with Gasteiger partial charge < -0.3 is 14.5 Å². The first-order chi connectivity index (χ1) is 9.78. The smallest absolute Gasteiger partial charge is 0.134 e. The van der Waals surface area contributed by atoms with Crippen molar-refractivity contribution in [3.05, 3.63) is 36.1 Å². The van der Waals surface area contributed by atoms with E-state index in [-0.39, 0.29) is 6.04 Å². The average Bonchev–Trinajstić information content (AvgIpc) is 2.90. The number of nitrogens with one attached hydrogen (secondary N) is 1. The highest BCUT2D eigenvalue weighted by Gasteiger charge is 2.24. The van der Waals surface area contributed by atoms with Crippen LogP contribution in [0.4, 0.5) is 0 Å². The maximum Gasteiger partial charge on any atom is 0.134 e. The van der Waals surface area contributed by atoms with Crippen LogP contribution >= 0.6 is 0 Å². The van der Waals surface area contributed by atoms with E-state index in [1.807, 2.05) is 25.2 Å². The predicted molar refractivity (Wildman–Crippen MR) is 79.9 cm³/mol. The molecule has 1 aliphatic heterocycles. The molecule has 0 saturated carbocycles. The lowest BCUT2D eigenvalue weighted by Gasteiger charge is -2.35. The van der Waals surface area contributed by atoms with Gasteiger partial charge in [0, 0.05) is 24.5 Å². The molecule has 20 heavy (non-hydrogen) atoms. The number of likely N-dealkylation sites (N-methyl/N-ethyl adjacent to an activating group) is 1. The van der Waals surface area contributed by atoms with Crippen molar-refractivity contribution in [3.63, 3.8) is 0 Å². The van der Waals surface area contributed by atoms with E-state index in [1.165, 1.54) is 0 Å². The first kappa shape index (κ1) is 13.6. The molecule has 2 heterocycles. The number of morpholine rings is 1. The minimum absolute atomic E-state index is 0.211. The number of hydrogen-bond acceptors (Lipinski definition) is 4. The number of hydrogen-bond donors (Lipinski definition) is 1. The van der Waals surface area contributed by atoms with Gasteiger partial charge in [-0.2, -0.15) is 0 Å². The van der Waals surface area contributed by atoms with Crippen molar-refractivity contribution < 1.29 is 9.15 Å². The monoisotopic (exact) mass is 274 g/mol. The van der Waals surface area contributed by atoms with Crippen LogP contribution in [0.2, 0.25) is 0 Å². The largest absolute Gasteiger partial charge is 0.459 e. The van der Waals surface area contributed by atoms with Crippen molar-refractivity contribution in [2.24, 2.45) is 0 Å². The van der Waals surface area contributed by atoms with Crippen LogP contribution in [0, 0.1) is 0 Å². The molecule has 2 aromatic rings. The third-order valence-electron chi connectivity index (χ3n) is 4.06. The molecule has 4 nitrogen and oxygen atoms in total. The summed E-state index contributed by atoms with van der Waals surface area (Å²) in [6.07, 6.45) is 0. The normalized spacial score (nSPS) is 22.2. The summed E-state index contributed by atoms with van der Waals surface area (Å²) in [5.74, 6) is 1.01. The van der Waals surface area contributed by atoms with Gasteiger partial charge in [-0.15, -0.1) is 0 Å². The van der Waals surface area contributed by atoms with Crippen molar-refractivity contribution in [2.45, 2.75) is 19.0 Å². The highest BCUT2D eigenvalue weighted by Crippen LogP contribution is 2.25. The van der Waals surface area contributed by atoms with Crippen LogP contribution in [0.3, 0.4) is 0 Å². The fraction of sp³-hybridized carbons (Fsp3) is 0.500. The molecule has 3 rings (SSSR count). The Morgan fingerprint density at radius 2 is 2.25 bits per heavy atom. The standard InChI is InChI=1S/C16H22N2O2/c1-12-11-19-8-7-18(12)10-14(17-2)16-9-13-5-3-4-6-15(13)20-16/h3-6,9,12,14,17H,7-8,10-11H2,1-2H3. The molecule has 2 atom stereocenters. The fourth-order valence-electron chi connectivity index (χ4n) is 2.76. The van der Waals surface area contributed by atoms with Gasteiger partial charge in [-0.1, -0.05) is 18.2 Å². The first-order valence-electron chi connectivity index (χ1n) is 7.25. The highest BCUT2D eigenvalue weighted by atomic mass is 16.5. The SMILES string of the molecule is CNC(CN1CCOCC1C)c1cc2ccccc2o1. The van der Waals surface area contributed by atoms with E-state index in [1.54, 1.807) is 0 Å². The molecule has 0 radical (unpaired) electrons. The van der Waals surface area contributed by atoms with E-state index in [9.17, 15) is 0 Å². The summed E-state index contributed by atoms with van der Waals surface area (Å²) >= 11 is 0. The Balaban J connectivity index is 1.78. The van der Waals surface area contributed by atoms with Gasteiger partial charge >= 0.3 is 0 Å². The molecule has 108 valence electrons. The minimum Gasteiger partial charge on any atom is -0.459 e. The van der Waals surface area contributed by atoms with Crippen LogP contribution in [0.25, 0.3) is 11.0 Å². The number of rotatable bonds is 4. The van der Waals surface area contributed by atoms with Crippen LogP contribution in [-0.2, 0) is 4.74 Å². The number of ether oxygens (including phenoxy) is 1. The van der Waals surface area contributed by atoms with Gasteiger partial charge in [0.2, 0.25) is 0 Å². The topological polar surface area (TPSA) is 37.6 Å². The Hall–Kier alpha value is -1.36. The van der Waals surface area contributed by atoms with Gasteiger partial charge in [0.1, 0.15) is 11.3 Å². The number of para-hydroxylation sites is 1. The molecule has 2 unspecified atom stereocenters. The molecule has 0 aliphatic carbocycles. The number of benzene rings is 1. The summed E-state index contributed by atoms with van der Waals surface area (Å²) in [5, 5.41) is 4.54. The van der Waals surface area contributed by atoms with Crippen LogP contribution in [0.5, 0.6) is 0 Å². The molecule has 1 saturated heterocycles. The minimum atomic E-state index is 0.211. The lowest BCUT2D eigenvalue weighted by molar-refractivity contribution is -0.00503. The van der Waals surface area contributed by atoms with Gasteiger partial charge in [-0.05, 0) is 26.1 Å². The van der Waals surface area contributed by atoms with Gasteiger partial charge in [-0.25, -0.2) is 0 Å². The predicted octanol–water partition coefficient (Wildman–Crippen LogP) is 2.41. The fourth-order valence-corrected chi connectivity index (χ4v) is 2.76. The molecule has 4 heteroatoms. The molecular weight excluding hydrogens is 252 g/mol. The first-order valence-corrected chi connectivity index (χ1v) is 7.25. The Morgan fingerprint density at radius 1 is 1.40 bits per heavy atom. The molecular formula is C16H22N2O2. The maximum absolute atomic E-state index is 5.98. The molecule has 1 aromatic heterocycles. The summed E-state index contributed by atoms with van der Waals surface area (Å²) in [5.41, 5.74) is 0.956. The van der Waals surface area contributed by atoms with E-state index in [4.69, 9.17) is 9.15 Å². The van der Waals surface area contributed by atoms with Crippen molar-refractivity contribution >= 4 is 11.0 Å². The third-order valence-corrected chi connectivity index (χ3v) is 4.06. The molecule has 0 amide bonds. The molecule has 1 fully saturated rings. The van der Waals surface area contributed by atoms with Crippen LogP contribution < -0.4 is 5.32 Å². The summed E-state index contributed by atoms with van der Waals surface area (Å²) in [7, 11) is 1.99. The zero-order valence-electron chi connectivity index (χ0n) is 12.1. The van der Waals surface area contributed by atoms with Crippen LogP contribution in [-0.4, -0.2) is 44.3 Å². The summed E-state index contributed by atoms with van der Waals surface area (Å²) in [6, 6.07) is 11.0. The number of furan rings is 1. The number of nitrogens with zero attached hydrogens (tertiary/aromatic N) is 1. The van der Waals surface area contributed by atoms with E-state index < -0.39 is 0 Å². The maximum atomic E-state index is 5.98. The van der Waals surface area contributed by atoms with Crippen molar-refractivity contribution in [2.75, 3.05) is 33.4 Å². The Bertz CT molecular complexity index is 533. The molecule has 0 bridgehead atoms. The van der Waals surface area contributed by atoms with E-state index >= 15 is 0 Å². The van der Waals surface area contributed by atoms with Gasteiger partial charge in [0.15, 0.2) is 0 Å². The van der Waals surface area contributed by atoms with E-state index in [2.05, 4.69) is 29.3 Å². The van der Waals surface area contributed by atoms with Crippen molar-refractivity contribution in [1.82, 2.24) is 10.2 Å². The van der Waals surface area contributed by atoms with E-state index in [0.29, 0.717) is 6.04 Å². The molecule has 0 spiro atoms. The van der Waals surface area contributed by atoms with Gasteiger partial charge in [0.25, 0.3) is 0 Å². The lowest BCUT2D eigenvalue weighted by atomic mass is 10.1. The van der Waals surface area contributed by atoms with Gasteiger partial charge in [-0.3, -0.25) is 4.90 Å². The molecule has 1 aliphatic rings. The second-order valence-electron chi connectivity index (χ2n) is 5.45. The quantitative estimate of drug-likeness (QED) is 0.929. The zero-order chi connectivity index (χ0) is 13.9. The number of fused-ring (bicyclic) bond motifs is 1.